The number of hydrogen-bond donors (Lipinski definition) is 1. The van der Waals surface area contributed by atoms with Crippen LogP contribution >= 0.6 is 11.6 Å². The molecule has 0 bridgehead atoms. The highest BCUT2D eigenvalue weighted by molar-refractivity contribution is 7.90. The molecule has 142 valence electrons. The lowest BCUT2D eigenvalue weighted by Gasteiger charge is -2.29. The van der Waals surface area contributed by atoms with E-state index in [2.05, 4.69) is 16.6 Å². The number of carbonyl (C=O) groups is 1. The van der Waals surface area contributed by atoms with Crippen LogP contribution in [-0.4, -0.2) is 26.7 Å². The van der Waals surface area contributed by atoms with E-state index in [-0.39, 0.29) is 10.5 Å². The largest absolute Gasteiger partial charge is 0.328 e. The number of rotatable bonds is 5. The van der Waals surface area contributed by atoms with Crippen LogP contribution in [0.5, 0.6) is 0 Å². The van der Waals surface area contributed by atoms with Gasteiger partial charge in [0.15, 0.2) is 0 Å². The minimum Gasteiger partial charge on any atom is -0.328 e. The van der Waals surface area contributed by atoms with Crippen molar-refractivity contribution < 1.29 is 13.2 Å². The van der Waals surface area contributed by atoms with Crippen molar-refractivity contribution in [1.29, 1.82) is 0 Å². The Morgan fingerprint density at radius 1 is 1.22 bits per heavy atom. The molecule has 1 amide bonds. The number of nitrogens with one attached hydrogen (secondary N) is 1. The standard InChI is InChI=1S/C19H20ClN3O3S/c1-3-4-10-23-13(2)22-27(25,26)18-11-14(8-9-17(18)23)19(24)21-16-7-5-6-15(20)12-16/h5-9,11-12H,3-4,10H2,1-2H3,(H,21,24). The van der Waals surface area contributed by atoms with Gasteiger partial charge in [-0.25, -0.2) is 0 Å². The van der Waals surface area contributed by atoms with Crippen molar-refractivity contribution in [2.24, 2.45) is 4.40 Å². The van der Waals surface area contributed by atoms with Crippen LogP contribution in [0.3, 0.4) is 0 Å². The molecule has 0 saturated heterocycles. The van der Waals surface area contributed by atoms with Gasteiger partial charge in [0.05, 0.1) is 5.69 Å². The number of amides is 1. The fourth-order valence-electron chi connectivity index (χ4n) is 2.90. The van der Waals surface area contributed by atoms with Gasteiger partial charge in [0.2, 0.25) is 0 Å². The fraction of sp³-hybridized carbons (Fsp3) is 0.263. The molecule has 1 N–H and O–H groups in total. The Morgan fingerprint density at radius 2 is 2.00 bits per heavy atom. The Balaban J connectivity index is 1.95. The monoisotopic (exact) mass is 405 g/mol. The third-order valence-corrected chi connectivity index (χ3v) is 5.87. The minimum atomic E-state index is -3.84. The summed E-state index contributed by atoms with van der Waals surface area (Å²) in [6.45, 7) is 4.41. The predicted molar refractivity (Wildman–Crippen MR) is 108 cm³/mol. The molecule has 8 heteroatoms. The molecule has 2 aromatic rings. The number of amidine groups is 1. The summed E-state index contributed by atoms with van der Waals surface area (Å²) in [6, 6.07) is 11.4. The number of benzene rings is 2. The van der Waals surface area contributed by atoms with Gasteiger partial charge in [-0.15, -0.1) is 4.40 Å². The molecule has 2 aromatic carbocycles. The van der Waals surface area contributed by atoms with Gasteiger partial charge in [0.1, 0.15) is 10.7 Å². The summed E-state index contributed by atoms with van der Waals surface area (Å²) in [6.07, 6.45) is 1.88. The highest BCUT2D eigenvalue weighted by atomic mass is 35.5. The van der Waals surface area contributed by atoms with Crippen molar-refractivity contribution in [1.82, 2.24) is 0 Å². The van der Waals surface area contributed by atoms with Gasteiger partial charge >= 0.3 is 0 Å². The van der Waals surface area contributed by atoms with E-state index in [9.17, 15) is 13.2 Å². The summed E-state index contributed by atoms with van der Waals surface area (Å²) < 4.78 is 28.9. The van der Waals surface area contributed by atoms with E-state index in [1.54, 1.807) is 43.3 Å². The summed E-state index contributed by atoms with van der Waals surface area (Å²) >= 11 is 5.93. The fourth-order valence-corrected chi connectivity index (χ4v) is 4.35. The third-order valence-electron chi connectivity index (χ3n) is 4.25. The van der Waals surface area contributed by atoms with E-state index in [0.29, 0.717) is 28.8 Å². The molecule has 1 aliphatic heterocycles. The highest BCUT2D eigenvalue weighted by Crippen LogP contribution is 2.33. The number of hydrogen-bond acceptors (Lipinski definition) is 4. The van der Waals surface area contributed by atoms with Crippen LogP contribution in [0, 0.1) is 0 Å². The Morgan fingerprint density at radius 3 is 2.70 bits per heavy atom. The molecule has 0 spiro atoms. The van der Waals surface area contributed by atoms with Crippen LogP contribution in [-0.2, 0) is 10.0 Å². The van der Waals surface area contributed by atoms with Crippen molar-refractivity contribution in [3.05, 3.63) is 53.1 Å². The van der Waals surface area contributed by atoms with Crippen molar-refractivity contribution in [3.8, 4) is 0 Å². The molecule has 0 fully saturated rings. The summed E-state index contributed by atoms with van der Waals surface area (Å²) in [5.74, 6) is 0.0220. The van der Waals surface area contributed by atoms with Gasteiger partial charge in [-0.2, -0.15) is 8.42 Å². The molecule has 1 heterocycles. The second-order valence-corrected chi connectivity index (χ2v) is 8.27. The molecule has 6 nitrogen and oxygen atoms in total. The van der Waals surface area contributed by atoms with Gasteiger partial charge in [-0.3, -0.25) is 4.79 Å². The topological polar surface area (TPSA) is 78.8 Å². The van der Waals surface area contributed by atoms with E-state index in [1.807, 2.05) is 4.90 Å². The van der Waals surface area contributed by atoms with Crippen molar-refractivity contribution in [3.63, 3.8) is 0 Å². The first-order valence-corrected chi connectivity index (χ1v) is 10.4. The quantitative estimate of drug-likeness (QED) is 0.803. The first kappa shape index (κ1) is 19.4. The number of nitrogens with zero attached hydrogens (tertiary/aromatic N) is 2. The zero-order chi connectivity index (χ0) is 19.6. The van der Waals surface area contributed by atoms with E-state index >= 15 is 0 Å². The number of sulfonamides is 1. The van der Waals surface area contributed by atoms with Gasteiger partial charge < -0.3 is 10.2 Å². The lowest BCUT2D eigenvalue weighted by atomic mass is 10.1. The molecule has 3 rings (SSSR count). The van der Waals surface area contributed by atoms with E-state index in [1.165, 1.54) is 6.07 Å². The zero-order valence-electron chi connectivity index (χ0n) is 15.1. The summed E-state index contributed by atoms with van der Waals surface area (Å²) in [4.78, 5) is 14.5. The maximum absolute atomic E-state index is 12.5. The van der Waals surface area contributed by atoms with Crippen LogP contribution in [0.2, 0.25) is 5.02 Å². The Bertz CT molecular complexity index is 1020. The van der Waals surface area contributed by atoms with Crippen LogP contribution in [0.4, 0.5) is 11.4 Å². The molecule has 27 heavy (non-hydrogen) atoms. The summed E-state index contributed by atoms with van der Waals surface area (Å²) in [7, 11) is -3.84. The lowest BCUT2D eigenvalue weighted by molar-refractivity contribution is 0.102. The lowest BCUT2D eigenvalue weighted by Crippen LogP contribution is -2.34. The van der Waals surface area contributed by atoms with Gasteiger partial charge in [-0.1, -0.05) is 31.0 Å². The zero-order valence-corrected chi connectivity index (χ0v) is 16.6. The second-order valence-electron chi connectivity index (χ2n) is 6.27. The predicted octanol–water partition coefficient (Wildman–Crippen LogP) is 4.32. The highest BCUT2D eigenvalue weighted by Gasteiger charge is 2.29. The van der Waals surface area contributed by atoms with Gasteiger partial charge in [0, 0.05) is 22.8 Å². The van der Waals surface area contributed by atoms with Gasteiger partial charge in [0.25, 0.3) is 15.9 Å². The number of carbonyl (C=O) groups excluding carboxylic acids is 1. The van der Waals surface area contributed by atoms with Crippen LogP contribution in [0.1, 0.15) is 37.0 Å². The Kier molecular flexibility index (Phi) is 5.53. The van der Waals surface area contributed by atoms with Crippen molar-refractivity contribution >= 4 is 44.7 Å². The molecule has 0 aliphatic carbocycles. The Hall–Kier alpha value is -2.38. The SMILES string of the molecule is CCCCN1C(C)=NS(=O)(=O)c2cc(C(=O)Nc3cccc(Cl)c3)ccc21. The van der Waals surface area contributed by atoms with Crippen molar-refractivity contribution in [2.45, 2.75) is 31.6 Å². The first-order chi connectivity index (χ1) is 12.8. The minimum absolute atomic E-state index is 0.0444. The van der Waals surface area contributed by atoms with Crippen molar-refractivity contribution in [2.75, 3.05) is 16.8 Å². The van der Waals surface area contributed by atoms with Crippen LogP contribution in [0.25, 0.3) is 0 Å². The number of halogens is 1. The molecule has 0 unspecified atom stereocenters. The van der Waals surface area contributed by atoms with Crippen LogP contribution in [0.15, 0.2) is 51.8 Å². The molecular weight excluding hydrogens is 386 g/mol. The molecular formula is C19H20ClN3O3S. The molecule has 0 aromatic heterocycles. The first-order valence-electron chi connectivity index (χ1n) is 8.62. The average Bonchev–Trinajstić information content (AvgIpc) is 2.61. The maximum atomic E-state index is 12.5. The van der Waals surface area contributed by atoms with E-state index < -0.39 is 15.9 Å². The second kappa shape index (κ2) is 7.70. The summed E-state index contributed by atoms with van der Waals surface area (Å²) in [5.41, 5.74) is 1.32. The van der Waals surface area contributed by atoms with E-state index in [4.69, 9.17) is 11.6 Å². The number of anilines is 2. The number of fused-ring (bicyclic) bond motifs is 1. The normalized spacial score (nSPS) is 15.1. The van der Waals surface area contributed by atoms with Gasteiger partial charge in [-0.05, 0) is 49.7 Å². The third kappa shape index (κ3) is 4.14. The molecule has 0 radical (unpaired) electrons. The van der Waals surface area contributed by atoms with Crippen LogP contribution < -0.4 is 10.2 Å². The number of unbranched alkanes of at least 4 members (excludes halogenated alkanes) is 1. The maximum Gasteiger partial charge on any atom is 0.286 e. The average molecular weight is 406 g/mol. The smallest absolute Gasteiger partial charge is 0.286 e. The summed E-state index contributed by atoms with van der Waals surface area (Å²) in [5, 5.41) is 3.22. The molecule has 1 aliphatic rings. The molecule has 0 saturated carbocycles. The Labute approximate surface area is 163 Å². The van der Waals surface area contributed by atoms with E-state index in [0.717, 1.165) is 12.8 Å². The molecule has 0 atom stereocenters.